The van der Waals surface area contributed by atoms with Gasteiger partial charge in [-0.25, -0.2) is 0 Å². The molecule has 20 heavy (non-hydrogen) atoms. The van der Waals surface area contributed by atoms with Crippen molar-refractivity contribution >= 4 is 28.8 Å². The van der Waals surface area contributed by atoms with Crippen molar-refractivity contribution in [2.45, 2.75) is 6.54 Å². The molecule has 4 nitrogen and oxygen atoms in total. The number of aromatic nitrogens is 1. The molecule has 0 radical (unpaired) electrons. The Morgan fingerprint density at radius 2 is 2.15 bits per heavy atom. The first-order valence-electron chi connectivity index (χ1n) is 6.60. The summed E-state index contributed by atoms with van der Waals surface area (Å²) in [4.78, 5) is 20.8. The van der Waals surface area contributed by atoms with Crippen molar-refractivity contribution in [3.05, 3.63) is 45.4 Å². The highest BCUT2D eigenvalue weighted by Gasteiger charge is 2.23. The summed E-state index contributed by atoms with van der Waals surface area (Å²) in [6.45, 7) is 4.34. The predicted molar refractivity (Wildman–Crippen MR) is 81.3 cm³/mol. The highest BCUT2D eigenvalue weighted by Crippen LogP contribution is 2.16. The standard InChI is InChI=1S/C14H16ClN3OS/c15-11-8-13(16-9-11)14(19)18-5-3-17(4-6-18)10-12-2-1-7-20-12/h1-2,7-9,16H,3-6,10H2. The van der Waals surface area contributed by atoms with Crippen molar-refractivity contribution < 1.29 is 4.79 Å². The molecule has 0 bridgehead atoms. The van der Waals surface area contributed by atoms with Gasteiger partial charge in [-0.15, -0.1) is 11.3 Å². The van der Waals surface area contributed by atoms with E-state index in [0.29, 0.717) is 10.7 Å². The topological polar surface area (TPSA) is 39.3 Å². The molecule has 0 aliphatic carbocycles. The van der Waals surface area contributed by atoms with E-state index in [4.69, 9.17) is 11.6 Å². The first kappa shape index (κ1) is 13.7. The van der Waals surface area contributed by atoms with Crippen LogP contribution in [0.4, 0.5) is 0 Å². The maximum atomic E-state index is 12.3. The molecule has 1 amide bonds. The Hall–Kier alpha value is -1.30. The second-order valence-corrected chi connectivity index (χ2v) is 6.35. The summed E-state index contributed by atoms with van der Waals surface area (Å²) in [5, 5.41) is 2.68. The lowest BCUT2D eigenvalue weighted by Crippen LogP contribution is -2.48. The molecule has 2 aromatic rings. The van der Waals surface area contributed by atoms with Crippen molar-refractivity contribution in [2.75, 3.05) is 26.2 Å². The van der Waals surface area contributed by atoms with Crippen LogP contribution in [0.3, 0.4) is 0 Å². The molecule has 0 unspecified atom stereocenters. The van der Waals surface area contributed by atoms with Crippen LogP contribution in [0, 0.1) is 0 Å². The lowest BCUT2D eigenvalue weighted by Gasteiger charge is -2.34. The molecule has 1 N–H and O–H groups in total. The molecular formula is C14H16ClN3OS. The smallest absolute Gasteiger partial charge is 0.270 e. The predicted octanol–water partition coefficient (Wildman–Crippen LogP) is 2.69. The fourth-order valence-electron chi connectivity index (χ4n) is 2.39. The van der Waals surface area contributed by atoms with E-state index >= 15 is 0 Å². The minimum atomic E-state index is 0.0349. The molecule has 2 aromatic heterocycles. The maximum absolute atomic E-state index is 12.3. The molecule has 3 heterocycles. The highest BCUT2D eigenvalue weighted by molar-refractivity contribution is 7.09. The van der Waals surface area contributed by atoms with Crippen molar-refractivity contribution in [1.82, 2.24) is 14.8 Å². The minimum Gasteiger partial charge on any atom is -0.356 e. The Balaban J connectivity index is 1.54. The third kappa shape index (κ3) is 3.06. The molecule has 106 valence electrons. The van der Waals surface area contributed by atoms with E-state index in [1.165, 1.54) is 4.88 Å². The number of nitrogens with zero attached hydrogens (tertiary/aromatic N) is 2. The first-order chi connectivity index (χ1) is 9.72. The maximum Gasteiger partial charge on any atom is 0.270 e. The van der Waals surface area contributed by atoms with Crippen LogP contribution in [0.15, 0.2) is 29.8 Å². The summed E-state index contributed by atoms with van der Waals surface area (Å²) >= 11 is 7.62. The normalized spacial score (nSPS) is 16.6. The average molecular weight is 310 g/mol. The summed E-state index contributed by atoms with van der Waals surface area (Å²) in [5.74, 6) is 0.0349. The number of nitrogens with one attached hydrogen (secondary N) is 1. The number of halogens is 1. The van der Waals surface area contributed by atoms with Gasteiger partial charge in [-0.05, 0) is 17.5 Å². The van der Waals surface area contributed by atoms with E-state index in [1.807, 2.05) is 4.90 Å². The second-order valence-electron chi connectivity index (χ2n) is 4.88. The number of carbonyl (C=O) groups is 1. The van der Waals surface area contributed by atoms with E-state index in [0.717, 1.165) is 32.7 Å². The summed E-state index contributed by atoms with van der Waals surface area (Å²) in [5.41, 5.74) is 0.571. The van der Waals surface area contributed by atoms with Crippen molar-refractivity contribution in [1.29, 1.82) is 0 Å². The van der Waals surface area contributed by atoms with Crippen LogP contribution < -0.4 is 0 Å². The Kier molecular flexibility index (Phi) is 4.10. The number of hydrogen-bond donors (Lipinski definition) is 1. The molecule has 6 heteroatoms. The fraction of sp³-hybridized carbons (Fsp3) is 0.357. The SMILES string of the molecule is O=C(c1cc(Cl)c[nH]1)N1CCN(Cc2cccs2)CC1. The van der Waals surface area contributed by atoms with Gasteiger partial charge in [-0.2, -0.15) is 0 Å². The van der Waals surface area contributed by atoms with Crippen LogP contribution in [-0.4, -0.2) is 46.9 Å². The zero-order chi connectivity index (χ0) is 13.9. The van der Waals surface area contributed by atoms with Gasteiger partial charge < -0.3 is 9.88 Å². The molecule has 1 aliphatic rings. The van der Waals surface area contributed by atoms with Gasteiger partial charge >= 0.3 is 0 Å². The molecule has 0 aromatic carbocycles. The van der Waals surface area contributed by atoms with E-state index in [2.05, 4.69) is 27.4 Å². The average Bonchev–Trinajstić information content (AvgIpc) is 3.10. The van der Waals surface area contributed by atoms with Gasteiger partial charge in [-0.3, -0.25) is 9.69 Å². The van der Waals surface area contributed by atoms with Gasteiger partial charge in [0.1, 0.15) is 5.69 Å². The Morgan fingerprint density at radius 3 is 2.75 bits per heavy atom. The summed E-state index contributed by atoms with van der Waals surface area (Å²) < 4.78 is 0. The van der Waals surface area contributed by atoms with Gasteiger partial charge in [0.25, 0.3) is 5.91 Å². The van der Waals surface area contributed by atoms with E-state index in [1.54, 1.807) is 23.6 Å². The van der Waals surface area contributed by atoms with Crippen LogP contribution in [0.5, 0.6) is 0 Å². The van der Waals surface area contributed by atoms with Crippen molar-refractivity contribution in [3.8, 4) is 0 Å². The minimum absolute atomic E-state index is 0.0349. The number of hydrogen-bond acceptors (Lipinski definition) is 3. The summed E-state index contributed by atoms with van der Waals surface area (Å²) in [7, 11) is 0. The molecule has 0 atom stereocenters. The Morgan fingerprint density at radius 1 is 1.35 bits per heavy atom. The van der Waals surface area contributed by atoms with Crippen LogP contribution in [0.1, 0.15) is 15.4 Å². The molecule has 1 saturated heterocycles. The monoisotopic (exact) mass is 309 g/mol. The lowest BCUT2D eigenvalue weighted by atomic mass is 10.2. The largest absolute Gasteiger partial charge is 0.356 e. The molecule has 3 rings (SSSR count). The number of thiophene rings is 1. The zero-order valence-corrected chi connectivity index (χ0v) is 12.6. The van der Waals surface area contributed by atoms with Gasteiger partial charge in [-0.1, -0.05) is 17.7 Å². The van der Waals surface area contributed by atoms with Crippen molar-refractivity contribution in [3.63, 3.8) is 0 Å². The van der Waals surface area contributed by atoms with E-state index < -0.39 is 0 Å². The third-order valence-electron chi connectivity index (χ3n) is 3.50. The van der Waals surface area contributed by atoms with E-state index in [-0.39, 0.29) is 5.91 Å². The van der Waals surface area contributed by atoms with Crippen LogP contribution >= 0.6 is 22.9 Å². The quantitative estimate of drug-likeness (QED) is 0.947. The lowest BCUT2D eigenvalue weighted by molar-refractivity contribution is 0.0624. The number of amides is 1. The Labute approximate surface area is 127 Å². The molecule has 0 saturated carbocycles. The molecule has 0 spiro atoms. The fourth-order valence-corrected chi connectivity index (χ4v) is 3.30. The molecule has 1 aliphatic heterocycles. The Bertz CT molecular complexity index is 573. The summed E-state index contributed by atoms with van der Waals surface area (Å²) in [6, 6.07) is 5.92. The number of aromatic amines is 1. The van der Waals surface area contributed by atoms with Gasteiger partial charge in [0.05, 0.1) is 5.02 Å². The van der Waals surface area contributed by atoms with Gasteiger partial charge in [0.15, 0.2) is 0 Å². The number of H-pyrrole nitrogens is 1. The molecule has 1 fully saturated rings. The highest BCUT2D eigenvalue weighted by atomic mass is 35.5. The van der Waals surface area contributed by atoms with Gasteiger partial charge in [0, 0.05) is 43.8 Å². The molecular weight excluding hydrogens is 294 g/mol. The second kappa shape index (κ2) is 5.99. The van der Waals surface area contributed by atoms with Crippen LogP contribution in [0.2, 0.25) is 5.02 Å². The van der Waals surface area contributed by atoms with Crippen molar-refractivity contribution in [2.24, 2.45) is 0 Å². The summed E-state index contributed by atoms with van der Waals surface area (Å²) in [6.07, 6.45) is 1.64. The first-order valence-corrected chi connectivity index (χ1v) is 7.86. The number of rotatable bonds is 3. The third-order valence-corrected chi connectivity index (χ3v) is 4.58. The van der Waals surface area contributed by atoms with Crippen LogP contribution in [-0.2, 0) is 6.54 Å². The zero-order valence-electron chi connectivity index (χ0n) is 11.0. The van der Waals surface area contributed by atoms with Crippen LogP contribution in [0.25, 0.3) is 0 Å². The number of carbonyl (C=O) groups excluding carboxylic acids is 1. The van der Waals surface area contributed by atoms with E-state index in [9.17, 15) is 4.79 Å². The number of piperazine rings is 1. The van der Waals surface area contributed by atoms with Gasteiger partial charge in [0.2, 0.25) is 0 Å².